The number of carbonyl (C=O) groups is 1. The number of carbonyl (C=O) groups excluding carboxylic acids is 1. The minimum atomic E-state index is -0.652. The first-order valence-electron chi connectivity index (χ1n) is 8.31. The van der Waals surface area contributed by atoms with Crippen LogP contribution in [0.25, 0.3) is 0 Å². The predicted octanol–water partition coefficient (Wildman–Crippen LogP) is 4.32. The van der Waals surface area contributed by atoms with Gasteiger partial charge in [-0.3, -0.25) is 4.79 Å². The van der Waals surface area contributed by atoms with Crippen LogP contribution in [0.2, 0.25) is 0 Å². The van der Waals surface area contributed by atoms with E-state index in [2.05, 4.69) is 19.2 Å². The van der Waals surface area contributed by atoms with Gasteiger partial charge in [0.15, 0.2) is 17.7 Å². The van der Waals surface area contributed by atoms with E-state index in [0.717, 1.165) is 12.8 Å². The molecule has 0 fully saturated rings. The van der Waals surface area contributed by atoms with Crippen molar-refractivity contribution >= 4 is 5.91 Å². The fraction of sp³-hybridized carbons (Fsp3) is 0.611. The molecule has 3 nitrogen and oxygen atoms in total. The molecule has 1 aromatic rings. The van der Waals surface area contributed by atoms with Crippen molar-refractivity contribution in [3.63, 3.8) is 0 Å². The van der Waals surface area contributed by atoms with Crippen molar-refractivity contribution in [2.24, 2.45) is 5.92 Å². The van der Waals surface area contributed by atoms with Gasteiger partial charge in [-0.1, -0.05) is 52.2 Å². The molecule has 1 amide bonds. The third kappa shape index (κ3) is 6.04. The third-order valence-electron chi connectivity index (χ3n) is 3.88. The highest BCUT2D eigenvalue weighted by molar-refractivity contribution is 5.81. The summed E-state index contributed by atoms with van der Waals surface area (Å²) in [7, 11) is 0. The first-order valence-corrected chi connectivity index (χ1v) is 8.31. The number of unbranched alkanes of at least 4 members (excludes halogenated alkanes) is 1. The summed E-state index contributed by atoms with van der Waals surface area (Å²) in [5.74, 6) is 0.0150. The molecule has 22 heavy (non-hydrogen) atoms. The average molecular weight is 309 g/mol. The molecule has 0 saturated heterocycles. The number of hydrogen-bond donors (Lipinski definition) is 1. The van der Waals surface area contributed by atoms with E-state index >= 15 is 0 Å². The number of amides is 1. The molecule has 2 atom stereocenters. The summed E-state index contributed by atoms with van der Waals surface area (Å²) in [4.78, 5) is 12.2. The fourth-order valence-corrected chi connectivity index (χ4v) is 2.32. The maximum atomic E-state index is 13.6. The maximum Gasteiger partial charge on any atom is 0.261 e. The quantitative estimate of drug-likeness (QED) is 0.699. The molecule has 1 aromatic carbocycles. The normalized spacial score (nSPS) is 13.5. The van der Waals surface area contributed by atoms with Crippen LogP contribution in [0, 0.1) is 11.7 Å². The fourth-order valence-electron chi connectivity index (χ4n) is 2.32. The lowest BCUT2D eigenvalue weighted by Gasteiger charge is -2.20. The Morgan fingerprint density at radius 2 is 1.95 bits per heavy atom. The highest BCUT2D eigenvalue weighted by Crippen LogP contribution is 2.18. The molecule has 0 aromatic heterocycles. The molecule has 0 aliphatic carbocycles. The summed E-state index contributed by atoms with van der Waals surface area (Å²) in [6, 6.07) is 6.17. The molecule has 0 bridgehead atoms. The Bertz CT molecular complexity index is 450. The Hall–Kier alpha value is -1.58. The van der Waals surface area contributed by atoms with Crippen LogP contribution in [-0.4, -0.2) is 18.6 Å². The lowest BCUT2D eigenvalue weighted by Crippen LogP contribution is -2.40. The maximum absolute atomic E-state index is 13.6. The van der Waals surface area contributed by atoms with Gasteiger partial charge in [0.25, 0.3) is 5.91 Å². The van der Waals surface area contributed by atoms with Crippen molar-refractivity contribution in [1.29, 1.82) is 0 Å². The van der Waals surface area contributed by atoms with Gasteiger partial charge in [-0.2, -0.15) is 0 Å². The Morgan fingerprint density at radius 3 is 2.55 bits per heavy atom. The summed E-state index contributed by atoms with van der Waals surface area (Å²) in [5.41, 5.74) is 0. The SMILES string of the molecule is CCCC[C@H](CC)CNC(=O)[C@@H](CC)Oc1ccccc1F. The number of nitrogens with one attached hydrogen (secondary N) is 1. The van der Waals surface area contributed by atoms with E-state index in [1.54, 1.807) is 18.2 Å². The number of benzene rings is 1. The number of hydrogen-bond acceptors (Lipinski definition) is 2. The summed E-state index contributed by atoms with van der Waals surface area (Å²) in [5, 5.41) is 2.95. The van der Waals surface area contributed by atoms with Gasteiger partial charge in [0.2, 0.25) is 0 Å². The summed E-state index contributed by atoms with van der Waals surface area (Å²) >= 11 is 0. The van der Waals surface area contributed by atoms with Crippen molar-refractivity contribution in [2.45, 2.75) is 59.0 Å². The molecule has 0 spiro atoms. The van der Waals surface area contributed by atoms with Gasteiger partial charge in [-0.25, -0.2) is 4.39 Å². The van der Waals surface area contributed by atoms with E-state index < -0.39 is 11.9 Å². The van der Waals surface area contributed by atoms with E-state index in [1.165, 1.54) is 18.9 Å². The Kier molecular flexibility index (Phi) is 8.56. The third-order valence-corrected chi connectivity index (χ3v) is 3.88. The van der Waals surface area contributed by atoms with Gasteiger partial charge in [0.1, 0.15) is 0 Å². The topological polar surface area (TPSA) is 38.3 Å². The van der Waals surface area contributed by atoms with E-state index in [0.29, 0.717) is 18.9 Å². The number of para-hydroxylation sites is 1. The lowest BCUT2D eigenvalue weighted by molar-refractivity contribution is -0.128. The van der Waals surface area contributed by atoms with Gasteiger partial charge in [-0.15, -0.1) is 0 Å². The van der Waals surface area contributed by atoms with E-state index in [9.17, 15) is 9.18 Å². The molecular weight excluding hydrogens is 281 g/mol. The highest BCUT2D eigenvalue weighted by atomic mass is 19.1. The summed E-state index contributed by atoms with van der Waals surface area (Å²) < 4.78 is 19.1. The molecule has 0 aliphatic rings. The standard InChI is InChI=1S/C18H28FNO2/c1-4-7-10-14(5-2)13-20-18(21)16(6-3)22-17-12-9-8-11-15(17)19/h8-9,11-12,14,16H,4-7,10,13H2,1-3H3,(H,20,21)/t14-,16+/m0/s1. The Morgan fingerprint density at radius 1 is 1.23 bits per heavy atom. The van der Waals surface area contributed by atoms with Crippen LogP contribution in [-0.2, 0) is 4.79 Å². The van der Waals surface area contributed by atoms with Crippen molar-refractivity contribution in [3.8, 4) is 5.75 Å². The van der Waals surface area contributed by atoms with Gasteiger partial charge in [0, 0.05) is 6.54 Å². The molecular formula is C18H28FNO2. The Labute approximate surface area is 133 Å². The van der Waals surface area contributed by atoms with E-state index in [4.69, 9.17) is 4.74 Å². The minimum absolute atomic E-state index is 0.127. The van der Waals surface area contributed by atoms with E-state index in [1.807, 2.05) is 6.92 Å². The van der Waals surface area contributed by atoms with Gasteiger partial charge in [-0.05, 0) is 30.9 Å². The lowest BCUT2D eigenvalue weighted by atomic mass is 9.99. The zero-order chi connectivity index (χ0) is 16.4. The minimum Gasteiger partial charge on any atom is -0.478 e. The van der Waals surface area contributed by atoms with Crippen molar-refractivity contribution in [1.82, 2.24) is 5.32 Å². The van der Waals surface area contributed by atoms with Crippen LogP contribution in [0.5, 0.6) is 5.75 Å². The molecule has 0 heterocycles. The Balaban J connectivity index is 2.52. The van der Waals surface area contributed by atoms with Crippen molar-refractivity contribution < 1.29 is 13.9 Å². The second-order valence-electron chi connectivity index (χ2n) is 5.61. The monoisotopic (exact) mass is 309 g/mol. The van der Waals surface area contributed by atoms with Crippen LogP contribution >= 0.6 is 0 Å². The first-order chi connectivity index (χ1) is 10.6. The largest absolute Gasteiger partial charge is 0.478 e. The number of halogens is 1. The smallest absolute Gasteiger partial charge is 0.261 e. The number of ether oxygens (including phenoxy) is 1. The summed E-state index contributed by atoms with van der Waals surface area (Å²) in [6.07, 6.45) is 4.37. The first kappa shape index (κ1) is 18.5. The molecule has 1 rings (SSSR count). The zero-order valence-electron chi connectivity index (χ0n) is 13.9. The van der Waals surface area contributed by atoms with Gasteiger partial charge < -0.3 is 10.1 Å². The van der Waals surface area contributed by atoms with Gasteiger partial charge >= 0.3 is 0 Å². The molecule has 124 valence electrons. The molecule has 0 unspecified atom stereocenters. The number of rotatable bonds is 10. The van der Waals surface area contributed by atoms with Crippen LogP contribution in [0.15, 0.2) is 24.3 Å². The van der Waals surface area contributed by atoms with Crippen LogP contribution in [0.1, 0.15) is 52.9 Å². The second kappa shape index (κ2) is 10.2. The predicted molar refractivity (Wildman–Crippen MR) is 87.4 cm³/mol. The van der Waals surface area contributed by atoms with Gasteiger partial charge in [0.05, 0.1) is 0 Å². The highest BCUT2D eigenvalue weighted by Gasteiger charge is 2.20. The van der Waals surface area contributed by atoms with Crippen molar-refractivity contribution in [2.75, 3.05) is 6.54 Å². The second-order valence-corrected chi connectivity index (χ2v) is 5.61. The molecule has 1 N–H and O–H groups in total. The molecule has 0 aliphatic heterocycles. The summed E-state index contributed by atoms with van der Waals surface area (Å²) in [6.45, 7) is 6.83. The van der Waals surface area contributed by atoms with Crippen LogP contribution in [0.3, 0.4) is 0 Å². The zero-order valence-corrected chi connectivity index (χ0v) is 13.9. The molecule has 0 saturated carbocycles. The van der Waals surface area contributed by atoms with Crippen molar-refractivity contribution in [3.05, 3.63) is 30.1 Å². The van der Waals surface area contributed by atoms with E-state index in [-0.39, 0.29) is 11.7 Å². The van der Waals surface area contributed by atoms with Crippen LogP contribution in [0.4, 0.5) is 4.39 Å². The molecule has 0 radical (unpaired) electrons. The molecule has 4 heteroatoms. The van der Waals surface area contributed by atoms with Crippen LogP contribution < -0.4 is 10.1 Å². The average Bonchev–Trinajstić information content (AvgIpc) is 2.54.